The van der Waals surface area contributed by atoms with E-state index >= 15 is 0 Å². The number of fused-ring (bicyclic) bond motifs is 3. The molecule has 3 aromatic carbocycles. The molecule has 2 heterocycles. The van der Waals surface area contributed by atoms with E-state index in [9.17, 15) is 13.2 Å². The normalized spacial score (nSPS) is 11.6. The number of rotatable bonds is 6. The van der Waals surface area contributed by atoms with Crippen LogP contribution in [-0.2, 0) is 14.6 Å². The van der Waals surface area contributed by atoms with Gasteiger partial charge < -0.3 is 10.1 Å². The quantitative estimate of drug-likeness (QED) is 0.368. The molecule has 1 N–H and O–H groups in total. The second-order valence-corrected chi connectivity index (χ2v) is 9.21. The van der Waals surface area contributed by atoms with E-state index in [1.807, 2.05) is 24.3 Å². The van der Waals surface area contributed by atoms with Crippen molar-refractivity contribution in [2.75, 3.05) is 11.9 Å². The Labute approximate surface area is 194 Å². The number of carbonyl (C=O) groups is 1. The number of esters is 1. The average Bonchev–Trinajstić information content (AvgIpc) is 3.30. The highest BCUT2D eigenvalue weighted by atomic mass is 32.2. The Morgan fingerprint density at radius 1 is 0.971 bits per heavy atom. The third-order valence-corrected chi connectivity index (χ3v) is 6.85. The molecule has 0 amide bonds. The number of nitrogens with zero attached hydrogens (tertiary/aromatic N) is 4. The average molecular weight is 474 g/mol. The van der Waals surface area contributed by atoms with Gasteiger partial charge in [-0.1, -0.05) is 35.5 Å². The van der Waals surface area contributed by atoms with Gasteiger partial charge in [0.25, 0.3) is 0 Å². The largest absolute Gasteiger partial charge is 0.462 e. The molecule has 170 valence electrons. The van der Waals surface area contributed by atoms with Gasteiger partial charge in [-0.05, 0) is 55.5 Å². The third-order valence-electron chi connectivity index (χ3n) is 5.19. The lowest BCUT2D eigenvalue weighted by atomic mass is 10.2. The molecular formula is C24H19N5O4S. The van der Waals surface area contributed by atoms with E-state index in [1.54, 1.807) is 49.4 Å². The summed E-state index contributed by atoms with van der Waals surface area (Å²) < 4.78 is 32.9. The van der Waals surface area contributed by atoms with Gasteiger partial charge in [0.05, 0.1) is 22.6 Å². The summed E-state index contributed by atoms with van der Waals surface area (Å²) in [5.41, 5.74) is 1.83. The maximum atomic E-state index is 13.2. The maximum Gasteiger partial charge on any atom is 0.338 e. The van der Waals surface area contributed by atoms with Crippen LogP contribution in [0.15, 0.2) is 88.8 Å². The number of carbonyl (C=O) groups excluding carboxylic acids is 1. The molecule has 2 aromatic heterocycles. The standard InChI is InChI=1S/C24H19N5O4S/c1-2-33-24(30)16-12-14-17(15-13-16)25-21-19-10-6-7-11-20(19)29-22(26-21)23(27-28-29)34(31,32)18-8-4-3-5-9-18/h3-15H,2H2,1H3,(H,25,26). The number of hydrogen-bond donors (Lipinski definition) is 1. The molecule has 0 saturated heterocycles. The highest BCUT2D eigenvalue weighted by Gasteiger charge is 2.27. The molecule has 0 aliphatic carbocycles. The first-order chi connectivity index (χ1) is 16.5. The molecule has 0 saturated carbocycles. The number of para-hydroxylation sites is 1. The van der Waals surface area contributed by atoms with Gasteiger partial charge in [-0.25, -0.2) is 18.2 Å². The summed E-state index contributed by atoms with van der Waals surface area (Å²) in [5, 5.41) is 11.8. The second-order valence-electron chi connectivity index (χ2n) is 7.35. The van der Waals surface area contributed by atoms with E-state index in [4.69, 9.17) is 4.74 Å². The van der Waals surface area contributed by atoms with Crippen molar-refractivity contribution in [1.82, 2.24) is 19.8 Å². The first-order valence-corrected chi connectivity index (χ1v) is 12.0. The Balaban J connectivity index is 1.62. The van der Waals surface area contributed by atoms with Crippen LogP contribution in [0.1, 0.15) is 17.3 Å². The maximum absolute atomic E-state index is 13.2. The van der Waals surface area contributed by atoms with Crippen LogP contribution in [0.2, 0.25) is 0 Å². The van der Waals surface area contributed by atoms with Crippen molar-refractivity contribution >= 4 is 43.9 Å². The molecule has 0 atom stereocenters. The summed E-state index contributed by atoms with van der Waals surface area (Å²) in [6, 6.07) is 22.1. The number of ether oxygens (including phenoxy) is 1. The van der Waals surface area contributed by atoms with Gasteiger partial charge in [0.15, 0.2) is 5.65 Å². The Bertz CT molecular complexity index is 1610. The monoisotopic (exact) mass is 473 g/mol. The molecular weight excluding hydrogens is 454 g/mol. The summed E-state index contributed by atoms with van der Waals surface area (Å²) in [6.07, 6.45) is 0. The van der Waals surface area contributed by atoms with Crippen molar-refractivity contribution in [3.8, 4) is 0 Å². The zero-order chi connectivity index (χ0) is 23.7. The molecule has 0 fully saturated rings. The zero-order valence-corrected chi connectivity index (χ0v) is 18.9. The molecule has 0 spiro atoms. The van der Waals surface area contributed by atoms with Crippen LogP contribution < -0.4 is 5.32 Å². The summed E-state index contributed by atoms with van der Waals surface area (Å²) in [5.74, 6) is 0.0268. The molecule has 5 aromatic rings. The predicted octanol–water partition coefficient (Wildman–Crippen LogP) is 4.03. The van der Waals surface area contributed by atoms with Gasteiger partial charge >= 0.3 is 5.97 Å². The molecule has 9 nitrogen and oxygen atoms in total. The lowest BCUT2D eigenvalue weighted by molar-refractivity contribution is 0.0526. The van der Waals surface area contributed by atoms with Crippen LogP contribution >= 0.6 is 0 Å². The minimum absolute atomic E-state index is 0.105. The fraction of sp³-hybridized carbons (Fsp3) is 0.0833. The number of hydrogen-bond acceptors (Lipinski definition) is 8. The zero-order valence-electron chi connectivity index (χ0n) is 18.0. The SMILES string of the molecule is CCOC(=O)c1ccc(Nc2nc3c(S(=O)(=O)c4ccccc4)nnn3c3ccccc23)cc1. The Morgan fingerprint density at radius 3 is 2.41 bits per heavy atom. The smallest absolute Gasteiger partial charge is 0.338 e. The molecule has 34 heavy (non-hydrogen) atoms. The molecule has 0 aliphatic rings. The molecule has 0 bridgehead atoms. The lowest BCUT2D eigenvalue weighted by Crippen LogP contribution is -2.06. The van der Waals surface area contributed by atoms with Crippen molar-refractivity contribution in [3.63, 3.8) is 0 Å². The van der Waals surface area contributed by atoms with E-state index in [-0.39, 0.29) is 15.6 Å². The molecule has 0 aliphatic heterocycles. The van der Waals surface area contributed by atoms with Crippen LogP contribution in [-0.4, -0.2) is 40.8 Å². The van der Waals surface area contributed by atoms with Crippen LogP contribution in [0.25, 0.3) is 16.6 Å². The summed E-state index contributed by atoms with van der Waals surface area (Å²) >= 11 is 0. The predicted molar refractivity (Wildman–Crippen MR) is 126 cm³/mol. The van der Waals surface area contributed by atoms with Crippen LogP contribution in [0.4, 0.5) is 11.5 Å². The minimum atomic E-state index is -3.94. The number of anilines is 2. The van der Waals surface area contributed by atoms with E-state index in [0.717, 1.165) is 5.39 Å². The van der Waals surface area contributed by atoms with Gasteiger partial charge in [-0.3, -0.25) is 0 Å². The van der Waals surface area contributed by atoms with Crippen molar-refractivity contribution in [2.45, 2.75) is 16.8 Å². The third kappa shape index (κ3) is 3.73. The Hall–Kier alpha value is -4.31. The molecule has 5 rings (SSSR count). The number of nitrogens with one attached hydrogen (secondary N) is 1. The van der Waals surface area contributed by atoms with Crippen molar-refractivity contribution in [3.05, 3.63) is 84.4 Å². The molecule has 10 heteroatoms. The number of aromatic nitrogens is 4. The molecule has 0 radical (unpaired) electrons. The van der Waals surface area contributed by atoms with Crippen LogP contribution in [0.5, 0.6) is 0 Å². The highest BCUT2D eigenvalue weighted by Crippen LogP contribution is 2.29. The van der Waals surface area contributed by atoms with Crippen molar-refractivity contribution in [2.24, 2.45) is 0 Å². The topological polar surface area (TPSA) is 116 Å². The van der Waals surface area contributed by atoms with Crippen LogP contribution in [0, 0.1) is 0 Å². The van der Waals surface area contributed by atoms with E-state index in [2.05, 4.69) is 20.6 Å². The lowest BCUT2D eigenvalue weighted by Gasteiger charge is -2.11. The van der Waals surface area contributed by atoms with Crippen molar-refractivity contribution in [1.29, 1.82) is 0 Å². The second kappa shape index (κ2) is 8.56. The van der Waals surface area contributed by atoms with E-state index < -0.39 is 15.8 Å². The van der Waals surface area contributed by atoms with Gasteiger partial charge in [0, 0.05) is 11.1 Å². The van der Waals surface area contributed by atoms with Gasteiger partial charge in [-0.2, -0.15) is 4.52 Å². The fourth-order valence-corrected chi connectivity index (χ4v) is 4.82. The first-order valence-electron chi connectivity index (χ1n) is 10.5. The van der Waals surface area contributed by atoms with Crippen molar-refractivity contribution < 1.29 is 17.9 Å². The van der Waals surface area contributed by atoms with E-state index in [0.29, 0.717) is 29.2 Å². The van der Waals surface area contributed by atoms with E-state index in [1.165, 1.54) is 16.6 Å². The van der Waals surface area contributed by atoms with Crippen LogP contribution in [0.3, 0.4) is 0 Å². The summed E-state index contributed by atoms with van der Waals surface area (Å²) in [7, 11) is -3.94. The number of benzene rings is 3. The highest BCUT2D eigenvalue weighted by molar-refractivity contribution is 7.91. The summed E-state index contributed by atoms with van der Waals surface area (Å²) in [6.45, 7) is 2.04. The van der Waals surface area contributed by atoms with Gasteiger partial charge in [0.1, 0.15) is 5.82 Å². The summed E-state index contributed by atoms with van der Waals surface area (Å²) in [4.78, 5) is 16.6. The minimum Gasteiger partial charge on any atom is -0.462 e. The molecule has 0 unspecified atom stereocenters. The van der Waals surface area contributed by atoms with Gasteiger partial charge in [-0.15, -0.1) is 5.10 Å². The fourth-order valence-electron chi connectivity index (χ4n) is 3.57. The Kier molecular flexibility index (Phi) is 5.42. The Morgan fingerprint density at radius 2 is 1.68 bits per heavy atom. The van der Waals surface area contributed by atoms with Gasteiger partial charge in [0.2, 0.25) is 14.9 Å². The number of sulfone groups is 1. The first kappa shape index (κ1) is 21.5.